The molecule has 0 spiro atoms. The van der Waals surface area contributed by atoms with Crippen LogP contribution in [0.5, 0.6) is 5.75 Å². The van der Waals surface area contributed by atoms with Crippen LogP contribution in [-0.4, -0.2) is 25.5 Å². The first-order valence-corrected chi connectivity index (χ1v) is 7.41. The molecule has 0 unspecified atom stereocenters. The van der Waals surface area contributed by atoms with Crippen LogP contribution >= 0.6 is 27.3 Å². The fourth-order valence-electron chi connectivity index (χ4n) is 1.55. The Hall–Kier alpha value is -1.73. The summed E-state index contributed by atoms with van der Waals surface area (Å²) in [6.45, 7) is -0.444. The van der Waals surface area contributed by atoms with Crippen molar-refractivity contribution in [1.29, 1.82) is 0 Å². The van der Waals surface area contributed by atoms with Crippen molar-refractivity contribution in [3.63, 3.8) is 0 Å². The standard InChI is InChI=1S/C14H10BrFO4S/c1-19-11-3-2-8(6-9(11)16)10(17)7-20-14(18)12-4-5-13(15)21-12/h2-6H,7H2,1H3. The molecule has 1 heterocycles. The predicted molar refractivity (Wildman–Crippen MR) is 79.6 cm³/mol. The van der Waals surface area contributed by atoms with Crippen LogP contribution in [0, 0.1) is 5.82 Å². The van der Waals surface area contributed by atoms with Gasteiger partial charge >= 0.3 is 5.97 Å². The van der Waals surface area contributed by atoms with Crippen molar-refractivity contribution in [1.82, 2.24) is 0 Å². The highest BCUT2D eigenvalue weighted by atomic mass is 79.9. The monoisotopic (exact) mass is 372 g/mol. The summed E-state index contributed by atoms with van der Waals surface area (Å²) in [5, 5.41) is 0. The Morgan fingerprint density at radius 2 is 2.05 bits per heavy atom. The largest absolute Gasteiger partial charge is 0.494 e. The summed E-state index contributed by atoms with van der Waals surface area (Å²) in [6, 6.07) is 7.12. The van der Waals surface area contributed by atoms with Gasteiger partial charge in [-0.25, -0.2) is 9.18 Å². The second-order valence-electron chi connectivity index (χ2n) is 3.95. The fourth-order valence-corrected chi connectivity index (χ4v) is 2.83. The second-order valence-corrected chi connectivity index (χ2v) is 6.42. The lowest BCUT2D eigenvalue weighted by Gasteiger charge is -2.05. The van der Waals surface area contributed by atoms with E-state index in [0.29, 0.717) is 4.88 Å². The molecule has 21 heavy (non-hydrogen) atoms. The third-order valence-corrected chi connectivity index (χ3v) is 4.19. The van der Waals surface area contributed by atoms with E-state index in [0.717, 1.165) is 9.85 Å². The normalized spacial score (nSPS) is 10.2. The van der Waals surface area contributed by atoms with Gasteiger partial charge in [-0.05, 0) is 46.3 Å². The van der Waals surface area contributed by atoms with E-state index in [2.05, 4.69) is 15.9 Å². The van der Waals surface area contributed by atoms with Crippen molar-refractivity contribution in [2.45, 2.75) is 0 Å². The highest BCUT2D eigenvalue weighted by molar-refractivity contribution is 9.11. The molecule has 0 aliphatic rings. The van der Waals surface area contributed by atoms with Gasteiger partial charge in [0, 0.05) is 5.56 Å². The lowest BCUT2D eigenvalue weighted by Crippen LogP contribution is -2.13. The number of hydrogen-bond donors (Lipinski definition) is 0. The van der Waals surface area contributed by atoms with E-state index >= 15 is 0 Å². The molecule has 1 aromatic carbocycles. The Kier molecular flexibility index (Phi) is 5.08. The number of hydrogen-bond acceptors (Lipinski definition) is 5. The summed E-state index contributed by atoms with van der Waals surface area (Å²) in [6.07, 6.45) is 0. The van der Waals surface area contributed by atoms with Crippen LogP contribution in [0.2, 0.25) is 0 Å². The van der Waals surface area contributed by atoms with Crippen molar-refractivity contribution in [2.24, 2.45) is 0 Å². The smallest absolute Gasteiger partial charge is 0.348 e. The number of ketones is 1. The lowest BCUT2D eigenvalue weighted by atomic mass is 10.1. The van der Waals surface area contributed by atoms with E-state index in [1.54, 1.807) is 12.1 Å². The van der Waals surface area contributed by atoms with Crippen molar-refractivity contribution < 1.29 is 23.5 Å². The minimum Gasteiger partial charge on any atom is -0.494 e. The summed E-state index contributed by atoms with van der Waals surface area (Å²) < 4.78 is 23.9. The third-order valence-electron chi connectivity index (χ3n) is 2.58. The number of ether oxygens (including phenoxy) is 2. The molecule has 0 radical (unpaired) electrons. The molecular weight excluding hydrogens is 363 g/mol. The molecule has 0 atom stereocenters. The van der Waals surface area contributed by atoms with Crippen LogP contribution in [0.4, 0.5) is 4.39 Å². The zero-order chi connectivity index (χ0) is 15.4. The minimum atomic E-state index is -0.642. The molecule has 4 nitrogen and oxygen atoms in total. The van der Waals surface area contributed by atoms with Crippen molar-refractivity contribution in [3.05, 3.63) is 50.4 Å². The maximum Gasteiger partial charge on any atom is 0.348 e. The lowest BCUT2D eigenvalue weighted by molar-refractivity contribution is 0.0479. The molecular formula is C14H10BrFO4S. The molecule has 0 saturated carbocycles. The molecule has 0 saturated heterocycles. The quantitative estimate of drug-likeness (QED) is 0.593. The van der Waals surface area contributed by atoms with Gasteiger partial charge in [-0.3, -0.25) is 4.79 Å². The summed E-state index contributed by atoms with van der Waals surface area (Å²) in [5.74, 6) is -1.67. The summed E-state index contributed by atoms with van der Waals surface area (Å²) in [7, 11) is 1.33. The van der Waals surface area contributed by atoms with Gasteiger partial charge in [0.15, 0.2) is 24.0 Å². The van der Waals surface area contributed by atoms with E-state index in [9.17, 15) is 14.0 Å². The molecule has 0 aliphatic heterocycles. The Labute approximate surface area is 132 Å². The molecule has 0 fully saturated rings. The van der Waals surface area contributed by atoms with Gasteiger partial charge in [0.1, 0.15) is 4.88 Å². The van der Waals surface area contributed by atoms with E-state index in [1.165, 1.54) is 30.6 Å². The van der Waals surface area contributed by atoms with Crippen LogP contribution < -0.4 is 4.74 Å². The summed E-state index contributed by atoms with van der Waals surface area (Å²) >= 11 is 4.43. The predicted octanol–water partition coefficient (Wildman–Crippen LogP) is 3.70. The van der Waals surface area contributed by atoms with Crippen LogP contribution in [0.15, 0.2) is 34.1 Å². The number of esters is 1. The highest BCUT2D eigenvalue weighted by Crippen LogP contribution is 2.23. The van der Waals surface area contributed by atoms with E-state index in [1.807, 2.05) is 0 Å². The number of carbonyl (C=O) groups is 2. The zero-order valence-corrected chi connectivity index (χ0v) is 13.3. The number of benzene rings is 1. The number of thiophene rings is 1. The molecule has 2 aromatic rings. The Balaban J connectivity index is 1.98. The van der Waals surface area contributed by atoms with Crippen molar-refractivity contribution in [2.75, 3.05) is 13.7 Å². The first kappa shape index (κ1) is 15.7. The van der Waals surface area contributed by atoms with Crippen LogP contribution in [-0.2, 0) is 4.74 Å². The first-order valence-electron chi connectivity index (χ1n) is 5.80. The van der Waals surface area contributed by atoms with Crippen LogP contribution in [0.1, 0.15) is 20.0 Å². The average molecular weight is 373 g/mol. The summed E-state index contributed by atoms with van der Waals surface area (Å²) in [5.41, 5.74) is 0.119. The fraction of sp³-hybridized carbons (Fsp3) is 0.143. The molecule has 0 amide bonds. The molecule has 7 heteroatoms. The topological polar surface area (TPSA) is 52.6 Å². The SMILES string of the molecule is COc1ccc(C(=O)COC(=O)c2ccc(Br)s2)cc1F. The maximum absolute atomic E-state index is 13.5. The molecule has 0 bridgehead atoms. The Morgan fingerprint density at radius 3 is 2.62 bits per heavy atom. The van der Waals surface area contributed by atoms with Gasteiger partial charge < -0.3 is 9.47 Å². The van der Waals surface area contributed by atoms with Gasteiger partial charge in [-0.2, -0.15) is 0 Å². The molecule has 0 aliphatic carbocycles. The number of methoxy groups -OCH3 is 1. The Bertz CT molecular complexity index is 683. The average Bonchev–Trinajstić information content (AvgIpc) is 2.91. The number of carbonyl (C=O) groups excluding carboxylic acids is 2. The molecule has 1 aromatic heterocycles. The highest BCUT2D eigenvalue weighted by Gasteiger charge is 2.15. The van der Waals surface area contributed by atoms with Gasteiger partial charge in [0.05, 0.1) is 10.9 Å². The van der Waals surface area contributed by atoms with Gasteiger partial charge in [-0.1, -0.05) is 0 Å². The third kappa shape index (κ3) is 3.89. The minimum absolute atomic E-state index is 0.0481. The van der Waals surface area contributed by atoms with Crippen LogP contribution in [0.3, 0.4) is 0 Å². The Morgan fingerprint density at radius 1 is 1.29 bits per heavy atom. The van der Waals surface area contributed by atoms with Crippen molar-refractivity contribution >= 4 is 39.0 Å². The van der Waals surface area contributed by atoms with E-state index < -0.39 is 24.2 Å². The first-order chi connectivity index (χ1) is 10.0. The number of halogens is 2. The number of rotatable bonds is 5. The van der Waals surface area contributed by atoms with Crippen LogP contribution in [0.25, 0.3) is 0 Å². The van der Waals surface area contributed by atoms with E-state index in [4.69, 9.17) is 9.47 Å². The van der Waals surface area contributed by atoms with Gasteiger partial charge in [0.25, 0.3) is 0 Å². The van der Waals surface area contributed by atoms with Crippen molar-refractivity contribution in [3.8, 4) is 5.75 Å². The second kappa shape index (κ2) is 6.82. The zero-order valence-electron chi connectivity index (χ0n) is 10.9. The molecule has 2 rings (SSSR count). The molecule has 0 N–H and O–H groups in total. The van der Waals surface area contributed by atoms with E-state index in [-0.39, 0.29) is 11.3 Å². The summed E-state index contributed by atoms with van der Waals surface area (Å²) in [4.78, 5) is 23.9. The van der Waals surface area contributed by atoms with Gasteiger partial charge in [0.2, 0.25) is 0 Å². The maximum atomic E-state index is 13.5. The van der Waals surface area contributed by atoms with Gasteiger partial charge in [-0.15, -0.1) is 11.3 Å². The number of Topliss-reactive ketones (excluding diaryl/α,β-unsaturated/α-hetero) is 1. The molecule has 110 valence electrons.